The van der Waals surface area contributed by atoms with Gasteiger partial charge in [-0.05, 0) is 110 Å². The van der Waals surface area contributed by atoms with Crippen molar-refractivity contribution in [3.8, 4) is 0 Å². The van der Waals surface area contributed by atoms with E-state index in [2.05, 4.69) is 74.9 Å². The lowest BCUT2D eigenvalue weighted by atomic mass is 9.33. The summed E-state index contributed by atoms with van der Waals surface area (Å²) in [5.41, 5.74) is 19.6. The average Bonchev–Trinajstić information content (AvgIpc) is 3.47. The van der Waals surface area contributed by atoms with Gasteiger partial charge in [0, 0.05) is 33.3 Å². The molecule has 2 aromatic rings. The van der Waals surface area contributed by atoms with E-state index < -0.39 is 0 Å². The fourth-order valence-corrected chi connectivity index (χ4v) is 12.3. The van der Waals surface area contributed by atoms with Gasteiger partial charge >= 0.3 is 0 Å². The standard InChI is InChI=1S/C35H54N6O/c1-30(2)13-15-35(27-20(11-17-36)29(42)41-39-27)16-14-33(6)22(23(35)19-30)8-9-25-32(5)18-21-26(38-40-28(21)37)31(3,4)24(32)10-12-34(25,33)7/h8,23-25H,9-19,36H2,1-7H3,(H3,37,38,40)(H2,39,41,42)/t23-,24-,25?,32-,33+,34+,35-/m0/s1. The van der Waals surface area contributed by atoms with Crippen LogP contribution in [0, 0.1) is 39.4 Å². The maximum Gasteiger partial charge on any atom is 0.267 e. The smallest absolute Gasteiger partial charge is 0.267 e. The lowest BCUT2D eigenvalue weighted by Gasteiger charge is -2.71. The van der Waals surface area contributed by atoms with Crippen LogP contribution in [0.15, 0.2) is 16.4 Å². The summed E-state index contributed by atoms with van der Waals surface area (Å²) in [6.07, 6.45) is 13.8. The van der Waals surface area contributed by atoms with Gasteiger partial charge in [0.25, 0.3) is 5.56 Å². The van der Waals surface area contributed by atoms with E-state index in [1.54, 1.807) is 5.57 Å². The number of allylic oxidation sites excluding steroid dienone is 2. The van der Waals surface area contributed by atoms with Crippen molar-refractivity contribution in [2.24, 2.45) is 45.1 Å². The molecule has 7 N–H and O–H groups in total. The molecule has 7 heteroatoms. The molecule has 230 valence electrons. The van der Waals surface area contributed by atoms with Crippen molar-refractivity contribution in [1.82, 2.24) is 20.4 Å². The Morgan fingerprint density at radius 1 is 0.952 bits per heavy atom. The SMILES string of the molecule is CC1(C)CC[C@]2(c3[nH][nH]c(=O)c3CCN)CC[C@]3(C)C(=CCC4[C@@]5(C)Cc6c(N)n[nH]c6C(C)(C)[C@@H]5CC[C@]43C)[C@@H]2C1. The number of aromatic amines is 3. The number of nitrogens with zero attached hydrogens (tertiary/aromatic N) is 1. The topological polar surface area (TPSA) is 129 Å². The first-order valence-electron chi connectivity index (χ1n) is 16.7. The van der Waals surface area contributed by atoms with Crippen LogP contribution in [0.25, 0.3) is 0 Å². The van der Waals surface area contributed by atoms with E-state index in [0.717, 1.165) is 31.2 Å². The summed E-state index contributed by atoms with van der Waals surface area (Å²) in [5.74, 6) is 2.31. The number of hydrogen-bond acceptors (Lipinski definition) is 4. The molecule has 2 heterocycles. The average molecular weight is 575 g/mol. The van der Waals surface area contributed by atoms with Gasteiger partial charge < -0.3 is 16.6 Å². The molecule has 0 radical (unpaired) electrons. The van der Waals surface area contributed by atoms with Crippen molar-refractivity contribution < 1.29 is 0 Å². The molecule has 0 aromatic carbocycles. The summed E-state index contributed by atoms with van der Waals surface area (Å²) >= 11 is 0. The molecule has 0 bridgehead atoms. The molecule has 0 aliphatic heterocycles. The summed E-state index contributed by atoms with van der Waals surface area (Å²) in [5, 5.41) is 14.3. The van der Waals surface area contributed by atoms with Gasteiger partial charge in [0.1, 0.15) is 5.82 Å². The van der Waals surface area contributed by atoms with Crippen molar-refractivity contribution >= 4 is 5.82 Å². The predicted molar refractivity (Wildman–Crippen MR) is 169 cm³/mol. The number of rotatable bonds is 3. The van der Waals surface area contributed by atoms with Gasteiger partial charge in [-0.1, -0.05) is 60.1 Å². The van der Waals surface area contributed by atoms with Crippen molar-refractivity contribution in [2.45, 2.75) is 124 Å². The molecule has 7 atom stereocenters. The van der Waals surface area contributed by atoms with Crippen molar-refractivity contribution in [1.29, 1.82) is 0 Å². The fourth-order valence-electron chi connectivity index (χ4n) is 12.3. The minimum atomic E-state index is -0.0260. The number of fused-ring (bicyclic) bond motifs is 8. The van der Waals surface area contributed by atoms with Crippen LogP contribution in [0.5, 0.6) is 0 Å². The third kappa shape index (κ3) is 3.38. The minimum absolute atomic E-state index is 0.0217. The summed E-state index contributed by atoms with van der Waals surface area (Å²) in [7, 11) is 0. The highest BCUT2D eigenvalue weighted by molar-refractivity contribution is 5.49. The van der Waals surface area contributed by atoms with E-state index >= 15 is 0 Å². The summed E-state index contributed by atoms with van der Waals surface area (Å²) < 4.78 is 0. The second-order valence-electron chi connectivity index (χ2n) is 17.2. The van der Waals surface area contributed by atoms with Crippen molar-refractivity contribution in [3.05, 3.63) is 44.5 Å². The quantitative estimate of drug-likeness (QED) is 0.276. The zero-order valence-electron chi connectivity index (χ0n) is 27.1. The predicted octanol–water partition coefficient (Wildman–Crippen LogP) is 6.28. The molecule has 1 unspecified atom stereocenters. The van der Waals surface area contributed by atoms with Crippen LogP contribution in [0.1, 0.15) is 122 Å². The Bertz CT molecular complexity index is 1510. The van der Waals surface area contributed by atoms with Crippen molar-refractivity contribution in [2.75, 3.05) is 12.3 Å². The summed E-state index contributed by atoms with van der Waals surface area (Å²) in [6.45, 7) is 18.2. The largest absolute Gasteiger partial charge is 0.382 e. The van der Waals surface area contributed by atoms with Gasteiger partial charge in [-0.15, -0.1) is 0 Å². The van der Waals surface area contributed by atoms with E-state index in [9.17, 15) is 4.79 Å². The Kier molecular flexibility index (Phi) is 5.88. The Hall–Kier alpha value is -2.28. The molecule has 3 fully saturated rings. The summed E-state index contributed by atoms with van der Waals surface area (Å²) in [6, 6.07) is 0. The first-order chi connectivity index (χ1) is 19.6. The van der Waals surface area contributed by atoms with Gasteiger partial charge in [-0.25, -0.2) is 0 Å². The number of nitrogens with two attached hydrogens (primary N) is 2. The van der Waals surface area contributed by atoms with Crippen molar-refractivity contribution in [3.63, 3.8) is 0 Å². The molecule has 0 spiro atoms. The normalized spacial score (nSPS) is 41.5. The highest BCUT2D eigenvalue weighted by atomic mass is 16.1. The number of hydrogen-bond donors (Lipinski definition) is 5. The third-order valence-corrected chi connectivity index (χ3v) is 14.6. The van der Waals surface area contributed by atoms with Crippen LogP contribution in [0.3, 0.4) is 0 Å². The van der Waals surface area contributed by atoms with Gasteiger partial charge in [0.05, 0.1) is 0 Å². The minimum Gasteiger partial charge on any atom is -0.382 e. The van der Waals surface area contributed by atoms with Gasteiger partial charge in [0.15, 0.2) is 0 Å². The number of H-pyrrole nitrogens is 3. The lowest BCUT2D eigenvalue weighted by molar-refractivity contribution is -0.154. The summed E-state index contributed by atoms with van der Waals surface area (Å²) in [4.78, 5) is 13.0. The van der Waals surface area contributed by atoms with E-state index in [1.165, 1.54) is 49.1 Å². The molecular weight excluding hydrogens is 520 g/mol. The monoisotopic (exact) mass is 574 g/mol. The number of anilines is 1. The maximum absolute atomic E-state index is 13.0. The third-order valence-electron chi connectivity index (χ3n) is 14.6. The Morgan fingerprint density at radius 3 is 2.43 bits per heavy atom. The lowest BCUT2D eigenvalue weighted by Crippen LogP contribution is -2.64. The molecule has 0 saturated heterocycles. The van der Waals surface area contributed by atoms with E-state index in [1.807, 2.05) is 0 Å². The fraction of sp³-hybridized carbons (Fsp3) is 0.771. The zero-order valence-corrected chi connectivity index (χ0v) is 27.1. The first-order valence-corrected chi connectivity index (χ1v) is 16.7. The van der Waals surface area contributed by atoms with Gasteiger partial charge in [-0.3, -0.25) is 15.0 Å². The maximum atomic E-state index is 13.0. The van der Waals surface area contributed by atoms with Crippen LogP contribution in [-0.2, 0) is 23.7 Å². The molecule has 5 aliphatic rings. The molecule has 42 heavy (non-hydrogen) atoms. The molecule has 3 saturated carbocycles. The van der Waals surface area contributed by atoms with Gasteiger partial charge in [0.2, 0.25) is 0 Å². The molecular formula is C35H54N6O. The Labute approximate surface area is 251 Å². The molecule has 5 aliphatic carbocycles. The number of nitrogens with one attached hydrogen (secondary N) is 3. The second kappa shape index (κ2) is 8.67. The van der Waals surface area contributed by atoms with Crippen LogP contribution in [0.4, 0.5) is 5.82 Å². The molecule has 7 rings (SSSR count). The molecule has 0 amide bonds. The van der Waals surface area contributed by atoms with Crippen LogP contribution in [-0.4, -0.2) is 26.9 Å². The number of aromatic nitrogens is 4. The van der Waals surface area contributed by atoms with Crippen LogP contribution < -0.4 is 17.0 Å². The first kappa shape index (κ1) is 28.5. The highest BCUT2D eigenvalue weighted by Gasteiger charge is 2.68. The number of nitrogen functional groups attached to an aromatic ring is 1. The molecule has 2 aromatic heterocycles. The zero-order chi connectivity index (χ0) is 30.1. The van der Waals surface area contributed by atoms with Crippen LogP contribution >= 0.6 is 0 Å². The van der Waals surface area contributed by atoms with E-state index in [4.69, 9.17) is 11.5 Å². The Balaban J connectivity index is 1.36. The van der Waals surface area contributed by atoms with Crippen LogP contribution in [0.2, 0.25) is 0 Å². The second-order valence-corrected chi connectivity index (χ2v) is 17.2. The van der Waals surface area contributed by atoms with E-state index in [0.29, 0.717) is 36.5 Å². The van der Waals surface area contributed by atoms with E-state index in [-0.39, 0.29) is 38.0 Å². The van der Waals surface area contributed by atoms with Gasteiger partial charge in [-0.2, -0.15) is 5.10 Å². The molecule has 7 nitrogen and oxygen atoms in total. The Morgan fingerprint density at radius 2 is 1.69 bits per heavy atom. The highest BCUT2D eigenvalue weighted by Crippen LogP contribution is 2.75.